The maximum Gasteiger partial charge on any atom is 0.0811 e. The molecule has 0 spiro atoms. The summed E-state index contributed by atoms with van der Waals surface area (Å²) in [7, 11) is -1.46. The fourth-order valence-electron chi connectivity index (χ4n) is 0.274. The van der Waals surface area contributed by atoms with Crippen molar-refractivity contribution in [2.45, 2.75) is 25.4 Å². The lowest BCUT2D eigenvalue weighted by molar-refractivity contribution is 0.146. The van der Waals surface area contributed by atoms with Gasteiger partial charge >= 0.3 is 0 Å². The molecule has 0 rings (SSSR count). The van der Waals surface area contributed by atoms with E-state index in [4.69, 9.17) is 10.2 Å². The Bertz CT molecular complexity index is 67.3. The van der Waals surface area contributed by atoms with Crippen molar-refractivity contribution >= 4 is 8.07 Å². The van der Waals surface area contributed by atoms with Crippen LogP contribution in [0.25, 0.3) is 0 Å². The number of hydrogen-bond acceptors (Lipinski definition) is 2. The Balaban J connectivity index is 3.62. The normalized spacial score (nSPS) is 16.1. The maximum absolute atomic E-state index is 9.01. The Morgan fingerprint density at radius 2 is 1.75 bits per heavy atom. The first kappa shape index (κ1) is 8.14. The van der Waals surface area contributed by atoms with Crippen LogP contribution in [0, 0.1) is 0 Å². The molecule has 0 bridgehead atoms. The van der Waals surface area contributed by atoms with E-state index in [1.54, 1.807) is 0 Å². The number of hydrogen-bond donors (Lipinski definition) is 2. The molecule has 0 aromatic heterocycles. The summed E-state index contributed by atoms with van der Waals surface area (Å²) in [5.74, 6) is 0. The fraction of sp³-hybridized carbons (Fsp3) is 1.00. The summed E-state index contributed by atoms with van der Waals surface area (Å²) in [5, 5.41) is 17.5. The first-order valence-corrected chi connectivity index (χ1v) is 6.35. The van der Waals surface area contributed by atoms with Crippen LogP contribution in [0.1, 0.15) is 0 Å². The molecule has 0 saturated heterocycles. The van der Waals surface area contributed by atoms with E-state index in [9.17, 15) is 0 Å². The summed E-state index contributed by atoms with van der Waals surface area (Å²) < 4.78 is 0. The van der Waals surface area contributed by atoms with Crippen molar-refractivity contribution in [2.75, 3.05) is 6.61 Å². The van der Waals surface area contributed by atoms with E-state index in [-0.39, 0.29) is 6.61 Å². The predicted octanol–water partition coefficient (Wildman–Crippen LogP) is 0.217. The topological polar surface area (TPSA) is 40.5 Å². The van der Waals surface area contributed by atoms with Crippen LogP contribution in [0.5, 0.6) is 0 Å². The molecule has 0 radical (unpaired) electrons. The SMILES string of the molecule is C[Si](C)(C)[C@H](O)CO. The minimum absolute atomic E-state index is 0.0876. The average Bonchev–Trinajstić information content (AvgIpc) is 1.62. The van der Waals surface area contributed by atoms with Gasteiger partial charge in [-0.3, -0.25) is 0 Å². The summed E-state index contributed by atoms with van der Waals surface area (Å²) in [6, 6.07) is 0. The summed E-state index contributed by atoms with van der Waals surface area (Å²) in [4.78, 5) is 0. The molecule has 0 aliphatic carbocycles. The molecule has 2 N–H and O–H groups in total. The monoisotopic (exact) mass is 134 g/mol. The van der Waals surface area contributed by atoms with Gasteiger partial charge in [0.15, 0.2) is 0 Å². The highest BCUT2D eigenvalue weighted by Gasteiger charge is 2.22. The van der Waals surface area contributed by atoms with E-state index in [1.165, 1.54) is 0 Å². The van der Waals surface area contributed by atoms with Crippen LogP contribution in [0.4, 0.5) is 0 Å². The van der Waals surface area contributed by atoms with Crippen LogP contribution in [0.3, 0.4) is 0 Å². The lowest BCUT2D eigenvalue weighted by Gasteiger charge is -2.20. The smallest absolute Gasteiger partial charge is 0.0811 e. The highest BCUT2D eigenvalue weighted by atomic mass is 28.3. The van der Waals surface area contributed by atoms with Gasteiger partial charge in [-0.15, -0.1) is 0 Å². The van der Waals surface area contributed by atoms with Crippen molar-refractivity contribution < 1.29 is 10.2 Å². The second-order valence-electron chi connectivity index (χ2n) is 3.06. The third-order valence-corrected chi connectivity index (χ3v) is 3.35. The van der Waals surface area contributed by atoms with E-state index >= 15 is 0 Å². The van der Waals surface area contributed by atoms with Crippen molar-refractivity contribution in [1.29, 1.82) is 0 Å². The van der Waals surface area contributed by atoms with Crippen molar-refractivity contribution in [2.24, 2.45) is 0 Å². The molecule has 0 unspecified atom stereocenters. The summed E-state index contributed by atoms with van der Waals surface area (Å²) in [6.07, 6.45) is 0. The molecule has 0 aromatic carbocycles. The molecule has 50 valence electrons. The zero-order valence-electron chi connectivity index (χ0n) is 5.68. The molecular formula is C5H14O2Si. The second kappa shape index (κ2) is 2.62. The molecule has 0 amide bonds. The standard InChI is InChI=1S/C5H14O2Si/c1-8(2,3)5(7)4-6/h5-7H,4H2,1-3H3/t5-/m0/s1. The van der Waals surface area contributed by atoms with Crippen molar-refractivity contribution in [3.63, 3.8) is 0 Å². The van der Waals surface area contributed by atoms with Gasteiger partial charge in [0, 0.05) is 0 Å². The van der Waals surface area contributed by atoms with Gasteiger partial charge < -0.3 is 10.2 Å². The lowest BCUT2D eigenvalue weighted by Crippen LogP contribution is -2.40. The van der Waals surface area contributed by atoms with E-state index in [0.29, 0.717) is 0 Å². The van der Waals surface area contributed by atoms with Crippen LogP contribution in [-0.4, -0.2) is 30.6 Å². The number of aliphatic hydroxyl groups is 2. The second-order valence-corrected chi connectivity index (χ2v) is 8.46. The van der Waals surface area contributed by atoms with Crippen LogP contribution in [0.2, 0.25) is 19.6 Å². The zero-order chi connectivity index (χ0) is 6.78. The third-order valence-electron chi connectivity index (χ3n) is 1.17. The predicted molar refractivity (Wildman–Crippen MR) is 36.4 cm³/mol. The van der Waals surface area contributed by atoms with E-state index in [1.807, 2.05) is 19.6 Å². The van der Waals surface area contributed by atoms with Crippen molar-refractivity contribution in [3.05, 3.63) is 0 Å². The van der Waals surface area contributed by atoms with E-state index < -0.39 is 13.8 Å². The molecule has 0 aliphatic rings. The van der Waals surface area contributed by atoms with Gasteiger partial charge in [-0.2, -0.15) is 0 Å². The van der Waals surface area contributed by atoms with Gasteiger partial charge in [0.2, 0.25) is 0 Å². The quantitative estimate of drug-likeness (QED) is 0.530. The van der Waals surface area contributed by atoms with Crippen LogP contribution < -0.4 is 0 Å². The van der Waals surface area contributed by atoms with Crippen LogP contribution in [0.15, 0.2) is 0 Å². The summed E-state index contributed by atoms with van der Waals surface area (Å²) >= 11 is 0. The maximum atomic E-state index is 9.01. The Hall–Kier alpha value is 0.137. The largest absolute Gasteiger partial charge is 0.394 e. The first-order chi connectivity index (χ1) is 3.48. The zero-order valence-corrected chi connectivity index (χ0v) is 6.68. The summed E-state index contributed by atoms with van der Waals surface area (Å²) in [6.45, 7) is 5.98. The van der Waals surface area contributed by atoms with E-state index in [0.717, 1.165) is 0 Å². The summed E-state index contributed by atoms with van der Waals surface area (Å²) in [5.41, 5.74) is -0.456. The van der Waals surface area contributed by atoms with Gasteiger partial charge in [0.1, 0.15) is 0 Å². The van der Waals surface area contributed by atoms with Crippen molar-refractivity contribution in [1.82, 2.24) is 0 Å². The van der Waals surface area contributed by atoms with Crippen LogP contribution >= 0.6 is 0 Å². The lowest BCUT2D eigenvalue weighted by atomic mass is 10.8. The molecular weight excluding hydrogens is 120 g/mol. The minimum Gasteiger partial charge on any atom is -0.394 e. The van der Waals surface area contributed by atoms with Gasteiger partial charge in [0.25, 0.3) is 0 Å². The van der Waals surface area contributed by atoms with Gasteiger partial charge in [-0.25, -0.2) is 0 Å². The van der Waals surface area contributed by atoms with E-state index in [2.05, 4.69) is 0 Å². The Morgan fingerprint density at radius 3 is 1.75 bits per heavy atom. The molecule has 0 saturated carbocycles. The molecule has 1 atom stereocenters. The number of rotatable bonds is 2. The Kier molecular flexibility index (Phi) is 2.66. The van der Waals surface area contributed by atoms with Gasteiger partial charge in [-0.05, 0) is 0 Å². The average molecular weight is 134 g/mol. The van der Waals surface area contributed by atoms with Gasteiger partial charge in [-0.1, -0.05) is 19.6 Å². The van der Waals surface area contributed by atoms with Crippen LogP contribution in [-0.2, 0) is 0 Å². The highest BCUT2D eigenvalue weighted by molar-refractivity contribution is 6.77. The third kappa shape index (κ3) is 2.45. The van der Waals surface area contributed by atoms with Gasteiger partial charge in [0.05, 0.1) is 20.4 Å². The molecule has 3 heteroatoms. The molecule has 0 aromatic rings. The molecule has 0 heterocycles. The molecule has 8 heavy (non-hydrogen) atoms. The fourth-order valence-corrected chi connectivity index (χ4v) is 0.822. The highest BCUT2D eigenvalue weighted by Crippen LogP contribution is 2.05. The molecule has 0 aliphatic heterocycles. The Morgan fingerprint density at radius 1 is 1.38 bits per heavy atom. The number of aliphatic hydroxyl groups excluding tert-OH is 2. The molecule has 2 nitrogen and oxygen atoms in total. The van der Waals surface area contributed by atoms with Crippen molar-refractivity contribution in [3.8, 4) is 0 Å². The molecule has 0 fully saturated rings. The first-order valence-electron chi connectivity index (χ1n) is 2.77. The minimum atomic E-state index is -1.46. The Labute approximate surface area is 51.2 Å².